The average molecular weight is 263 g/mol. The summed E-state index contributed by atoms with van der Waals surface area (Å²) in [5.41, 5.74) is 0.475. The molecule has 0 radical (unpaired) electrons. The van der Waals surface area contributed by atoms with E-state index in [1.807, 2.05) is 6.07 Å². The Balaban J connectivity index is 1.91. The molecule has 0 bridgehead atoms. The number of ether oxygens (including phenoxy) is 1. The zero-order valence-corrected chi connectivity index (χ0v) is 10.4. The molecule has 1 N–H and O–H groups in total. The van der Waals surface area contributed by atoms with Crippen molar-refractivity contribution < 1.29 is 13.9 Å². The van der Waals surface area contributed by atoms with E-state index in [1.54, 1.807) is 4.90 Å². The van der Waals surface area contributed by atoms with E-state index >= 15 is 0 Å². The number of hydrogen-bond acceptors (Lipinski definition) is 4. The molecule has 0 saturated carbocycles. The summed E-state index contributed by atoms with van der Waals surface area (Å²) in [6.07, 6.45) is 0. The normalized spacial score (nSPS) is 14.8. The van der Waals surface area contributed by atoms with Crippen LogP contribution in [0.4, 0.5) is 10.1 Å². The summed E-state index contributed by atoms with van der Waals surface area (Å²) in [5, 5.41) is 11.4. The van der Waals surface area contributed by atoms with E-state index in [0.29, 0.717) is 26.3 Å². The van der Waals surface area contributed by atoms with Crippen molar-refractivity contribution in [2.45, 2.75) is 0 Å². The van der Waals surface area contributed by atoms with Gasteiger partial charge in [0.2, 0.25) is 5.91 Å². The number of morpholine rings is 1. The van der Waals surface area contributed by atoms with Crippen molar-refractivity contribution in [3.63, 3.8) is 0 Å². The number of nitrogens with zero attached hydrogens (tertiary/aromatic N) is 2. The van der Waals surface area contributed by atoms with Gasteiger partial charge >= 0.3 is 0 Å². The van der Waals surface area contributed by atoms with Crippen molar-refractivity contribution in [1.82, 2.24) is 4.90 Å². The van der Waals surface area contributed by atoms with Gasteiger partial charge in [0.25, 0.3) is 0 Å². The fourth-order valence-corrected chi connectivity index (χ4v) is 1.82. The van der Waals surface area contributed by atoms with E-state index in [9.17, 15) is 9.18 Å². The maximum Gasteiger partial charge on any atom is 0.242 e. The summed E-state index contributed by atoms with van der Waals surface area (Å²) in [6, 6.07) is 5.96. The standard InChI is InChI=1S/C13H14FN3O2/c14-11-7-10(8-15)1-2-12(11)16-9-13(18)17-3-5-19-6-4-17/h1-2,7,16H,3-6,9H2. The molecule has 2 rings (SSSR count). The second kappa shape index (κ2) is 6.16. The first-order chi connectivity index (χ1) is 9.20. The third-order valence-electron chi connectivity index (χ3n) is 2.89. The Hall–Kier alpha value is -2.13. The molecule has 6 heteroatoms. The van der Waals surface area contributed by atoms with Gasteiger partial charge in [-0.1, -0.05) is 0 Å². The lowest BCUT2D eigenvalue weighted by Crippen LogP contribution is -2.43. The quantitative estimate of drug-likeness (QED) is 0.882. The molecule has 19 heavy (non-hydrogen) atoms. The van der Waals surface area contributed by atoms with Gasteiger partial charge in [-0.15, -0.1) is 0 Å². The molecule has 1 aromatic carbocycles. The highest BCUT2D eigenvalue weighted by Crippen LogP contribution is 2.15. The van der Waals surface area contributed by atoms with Crippen LogP contribution in [0.5, 0.6) is 0 Å². The number of amides is 1. The van der Waals surface area contributed by atoms with Crippen molar-refractivity contribution in [2.24, 2.45) is 0 Å². The Bertz CT molecular complexity index is 507. The van der Waals surface area contributed by atoms with Crippen LogP contribution in [0.15, 0.2) is 18.2 Å². The van der Waals surface area contributed by atoms with Crippen LogP contribution in [0, 0.1) is 17.1 Å². The van der Waals surface area contributed by atoms with E-state index in [-0.39, 0.29) is 23.7 Å². The molecule has 1 aromatic rings. The first-order valence-electron chi connectivity index (χ1n) is 6.00. The summed E-state index contributed by atoms with van der Waals surface area (Å²) >= 11 is 0. The van der Waals surface area contributed by atoms with Gasteiger partial charge in [0.05, 0.1) is 37.1 Å². The molecule has 1 aliphatic heterocycles. The molecular weight excluding hydrogens is 249 g/mol. The molecule has 0 atom stereocenters. The number of hydrogen-bond donors (Lipinski definition) is 1. The lowest BCUT2D eigenvalue weighted by molar-refractivity contribution is -0.133. The van der Waals surface area contributed by atoms with Crippen molar-refractivity contribution in [3.05, 3.63) is 29.6 Å². The van der Waals surface area contributed by atoms with Crippen molar-refractivity contribution in [2.75, 3.05) is 38.2 Å². The average Bonchev–Trinajstić information content (AvgIpc) is 2.46. The highest BCUT2D eigenvalue weighted by Gasteiger charge is 2.16. The van der Waals surface area contributed by atoms with Crippen LogP contribution in [-0.4, -0.2) is 43.7 Å². The second-order valence-electron chi connectivity index (χ2n) is 4.15. The predicted molar refractivity (Wildman–Crippen MR) is 67.0 cm³/mol. The molecule has 0 spiro atoms. The zero-order valence-electron chi connectivity index (χ0n) is 10.4. The summed E-state index contributed by atoms with van der Waals surface area (Å²) < 4.78 is 18.7. The van der Waals surface area contributed by atoms with E-state index in [1.165, 1.54) is 12.1 Å². The summed E-state index contributed by atoms with van der Waals surface area (Å²) in [6.45, 7) is 2.24. The monoisotopic (exact) mass is 263 g/mol. The van der Waals surface area contributed by atoms with Crippen LogP contribution < -0.4 is 5.32 Å². The minimum absolute atomic E-state index is 0.0306. The Kier molecular flexibility index (Phi) is 4.31. The highest BCUT2D eigenvalue weighted by molar-refractivity contribution is 5.81. The Morgan fingerprint density at radius 2 is 2.21 bits per heavy atom. The Morgan fingerprint density at radius 1 is 1.47 bits per heavy atom. The topological polar surface area (TPSA) is 65.4 Å². The molecule has 0 aromatic heterocycles. The molecule has 0 aliphatic carbocycles. The van der Waals surface area contributed by atoms with Gasteiger partial charge in [0, 0.05) is 13.1 Å². The largest absolute Gasteiger partial charge is 0.378 e. The summed E-state index contributed by atoms with van der Waals surface area (Å²) in [5.74, 6) is -0.624. The number of carbonyl (C=O) groups excluding carboxylic acids is 1. The van der Waals surface area contributed by atoms with Gasteiger partial charge in [-0.25, -0.2) is 4.39 Å². The third kappa shape index (κ3) is 3.42. The Labute approximate surface area is 110 Å². The maximum absolute atomic E-state index is 13.6. The molecule has 1 fully saturated rings. The molecule has 0 unspecified atom stereocenters. The van der Waals surface area contributed by atoms with Gasteiger partial charge in [-0.2, -0.15) is 5.26 Å². The number of benzene rings is 1. The minimum atomic E-state index is -0.533. The molecule has 1 saturated heterocycles. The van der Waals surface area contributed by atoms with E-state index in [2.05, 4.69) is 5.32 Å². The van der Waals surface area contributed by atoms with E-state index in [0.717, 1.165) is 6.07 Å². The predicted octanol–water partition coefficient (Wildman–Crippen LogP) is 0.968. The van der Waals surface area contributed by atoms with Gasteiger partial charge in [0.15, 0.2) is 0 Å². The maximum atomic E-state index is 13.6. The van der Waals surface area contributed by atoms with Gasteiger partial charge < -0.3 is 15.0 Å². The van der Waals surface area contributed by atoms with Gasteiger partial charge in [-0.3, -0.25) is 4.79 Å². The highest BCUT2D eigenvalue weighted by atomic mass is 19.1. The number of halogens is 1. The molecule has 5 nitrogen and oxygen atoms in total. The first kappa shape index (κ1) is 13.3. The minimum Gasteiger partial charge on any atom is -0.378 e. The number of anilines is 1. The lowest BCUT2D eigenvalue weighted by atomic mass is 10.2. The van der Waals surface area contributed by atoms with Crippen molar-refractivity contribution >= 4 is 11.6 Å². The van der Waals surface area contributed by atoms with Gasteiger partial charge in [0.1, 0.15) is 5.82 Å². The van der Waals surface area contributed by atoms with Gasteiger partial charge in [-0.05, 0) is 18.2 Å². The van der Waals surface area contributed by atoms with Crippen LogP contribution >= 0.6 is 0 Å². The SMILES string of the molecule is N#Cc1ccc(NCC(=O)N2CCOCC2)c(F)c1. The van der Waals surface area contributed by atoms with E-state index < -0.39 is 5.82 Å². The zero-order chi connectivity index (χ0) is 13.7. The van der Waals surface area contributed by atoms with Crippen molar-refractivity contribution in [1.29, 1.82) is 5.26 Å². The second-order valence-corrected chi connectivity index (χ2v) is 4.15. The fraction of sp³-hybridized carbons (Fsp3) is 0.385. The van der Waals surface area contributed by atoms with Crippen molar-refractivity contribution in [3.8, 4) is 6.07 Å². The van der Waals surface area contributed by atoms with Crippen LogP contribution in [0.25, 0.3) is 0 Å². The summed E-state index contributed by atoms with van der Waals surface area (Å²) in [4.78, 5) is 13.5. The molecule has 1 amide bonds. The molecular formula is C13H14FN3O2. The smallest absolute Gasteiger partial charge is 0.242 e. The number of nitrogens with one attached hydrogen (secondary N) is 1. The third-order valence-corrected chi connectivity index (χ3v) is 2.89. The molecule has 1 heterocycles. The van der Waals surface area contributed by atoms with Crippen LogP contribution in [0.1, 0.15) is 5.56 Å². The number of nitriles is 1. The van der Waals surface area contributed by atoms with E-state index in [4.69, 9.17) is 10.00 Å². The Morgan fingerprint density at radius 3 is 2.84 bits per heavy atom. The molecule has 1 aliphatic rings. The van der Waals surface area contributed by atoms with Crippen LogP contribution in [-0.2, 0) is 9.53 Å². The number of rotatable bonds is 3. The first-order valence-corrected chi connectivity index (χ1v) is 6.00. The van der Waals surface area contributed by atoms with Crippen LogP contribution in [0.2, 0.25) is 0 Å². The summed E-state index contributed by atoms with van der Waals surface area (Å²) in [7, 11) is 0. The fourth-order valence-electron chi connectivity index (χ4n) is 1.82. The lowest BCUT2D eigenvalue weighted by Gasteiger charge is -2.27. The van der Waals surface area contributed by atoms with Crippen LogP contribution in [0.3, 0.4) is 0 Å². The molecule has 100 valence electrons. The number of carbonyl (C=O) groups is 1.